The van der Waals surface area contributed by atoms with Crippen LogP contribution in [-0.4, -0.2) is 34.6 Å². The first-order chi connectivity index (χ1) is 9.02. The van der Waals surface area contributed by atoms with Crippen LogP contribution in [0.1, 0.15) is 25.3 Å². The van der Waals surface area contributed by atoms with E-state index in [9.17, 15) is 14.3 Å². The minimum Gasteiger partial charge on any atom is -0.386 e. The van der Waals surface area contributed by atoms with Crippen molar-refractivity contribution in [2.75, 3.05) is 13.1 Å². The zero-order valence-electron chi connectivity index (χ0n) is 11.0. The fourth-order valence-electron chi connectivity index (χ4n) is 2.33. The molecule has 4 heteroatoms. The Morgan fingerprint density at radius 3 is 2.89 bits per heavy atom. The van der Waals surface area contributed by atoms with Gasteiger partial charge < -0.3 is 10.0 Å². The first-order valence-electron chi connectivity index (χ1n) is 6.47. The molecular weight excluding hydrogens is 245 g/mol. The van der Waals surface area contributed by atoms with Gasteiger partial charge in [0.15, 0.2) is 0 Å². The van der Waals surface area contributed by atoms with Crippen molar-refractivity contribution in [1.82, 2.24) is 4.90 Å². The molecule has 1 saturated heterocycles. The quantitative estimate of drug-likeness (QED) is 0.846. The minimum atomic E-state index is -0.711. The lowest BCUT2D eigenvalue weighted by atomic mass is 9.89. The molecule has 1 N–H and O–H groups in total. The molecule has 3 nitrogen and oxygen atoms in total. The van der Waals surface area contributed by atoms with Gasteiger partial charge in [-0.1, -0.05) is 25.5 Å². The molecule has 1 fully saturated rings. The van der Waals surface area contributed by atoms with Gasteiger partial charge in [-0.05, 0) is 30.2 Å². The van der Waals surface area contributed by atoms with Crippen LogP contribution in [-0.2, 0) is 4.79 Å². The smallest absolute Gasteiger partial charge is 0.246 e. The molecule has 2 rings (SSSR count). The van der Waals surface area contributed by atoms with Crippen LogP contribution in [0.4, 0.5) is 4.39 Å². The first-order valence-corrected chi connectivity index (χ1v) is 6.47. The van der Waals surface area contributed by atoms with Crippen molar-refractivity contribution in [1.29, 1.82) is 0 Å². The largest absolute Gasteiger partial charge is 0.386 e. The fourth-order valence-corrected chi connectivity index (χ4v) is 2.33. The van der Waals surface area contributed by atoms with Gasteiger partial charge >= 0.3 is 0 Å². The standard InChI is InChI=1S/C15H18FNO2/c1-2-8-15(19)10-17(11-15)14(18)7-6-12-4-3-5-13(16)9-12/h3-7,9,19H,2,8,10-11H2,1H3. The van der Waals surface area contributed by atoms with E-state index in [1.165, 1.54) is 18.2 Å². The Morgan fingerprint density at radius 1 is 1.53 bits per heavy atom. The second kappa shape index (κ2) is 5.53. The van der Waals surface area contributed by atoms with Crippen LogP contribution in [0.2, 0.25) is 0 Å². The maximum Gasteiger partial charge on any atom is 0.246 e. The van der Waals surface area contributed by atoms with E-state index in [-0.39, 0.29) is 11.7 Å². The average Bonchev–Trinajstić information content (AvgIpc) is 2.33. The summed E-state index contributed by atoms with van der Waals surface area (Å²) in [6.45, 7) is 2.77. The van der Waals surface area contributed by atoms with E-state index < -0.39 is 5.60 Å². The number of nitrogens with zero attached hydrogens (tertiary/aromatic N) is 1. The Morgan fingerprint density at radius 2 is 2.26 bits per heavy atom. The number of benzene rings is 1. The summed E-state index contributed by atoms with van der Waals surface area (Å²) in [5, 5.41) is 9.98. The highest BCUT2D eigenvalue weighted by atomic mass is 19.1. The SMILES string of the molecule is CCCC1(O)CN(C(=O)C=Cc2cccc(F)c2)C1. The topological polar surface area (TPSA) is 40.5 Å². The van der Waals surface area contributed by atoms with Crippen molar-refractivity contribution >= 4 is 12.0 Å². The van der Waals surface area contributed by atoms with Gasteiger partial charge in [-0.3, -0.25) is 4.79 Å². The summed E-state index contributed by atoms with van der Waals surface area (Å²) in [7, 11) is 0. The average molecular weight is 263 g/mol. The van der Waals surface area contributed by atoms with Gasteiger partial charge in [0.2, 0.25) is 5.91 Å². The second-order valence-corrected chi connectivity index (χ2v) is 5.06. The Kier molecular flexibility index (Phi) is 4.00. The van der Waals surface area contributed by atoms with Crippen molar-refractivity contribution < 1.29 is 14.3 Å². The Bertz CT molecular complexity index is 493. The number of hydrogen-bond acceptors (Lipinski definition) is 2. The number of halogens is 1. The molecule has 1 aliphatic heterocycles. The summed E-state index contributed by atoms with van der Waals surface area (Å²) in [4.78, 5) is 13.4. The van der Waals surface area contributed by atoms with E-state index >= 15 is 0 Å². The lowest BCUT2D eigenvalue weighted by molar-refractivity contribution is -0.151. The van der Waals surface area contributed by atoms with Gasteiger partial charge in [-0.25, -0.2) is 4.39 Å². The van der Waals surface area contributed by atoms with Crippen LogP contribution in [0, 0.1) is 5.82 Å². The predicted molar refractivity (Wildman–Crippen MR) is 71.9 cm³/mol. The van der Waals surface area contributed by atoms with E-state index in [4.69, 9.17) is 0 Å². The zero-order chi connectivity index (χ0) is 13.9. The van der Waals surface area contributed by atoms with Crippen LogP contribution in [0.5, 0.6) is 0 Å². The first kappa shape index (κ1) is 13.7. The number of carbonyl (C=O) groups is 1. The third-order valence-corrected chi connectivity index (χ3v) is 3.26. The van der Waals surface area contributed by atoms with Crippen molar-refractivity contribution in [2.24, 2.45) is 0 Å². The van der Waals surface area contributed by atoms with Gasteiger partial charge in [0.05, 0.1) is 18.7 Å². The number of amides is 1. The van der Waals surface area contributed by atoms with Crippen LogP contribution < -0.4 is 0 Å². The molecule has 0 aromatic heterocycles. The van der Waals surface area contributed by atoms with Gasteiger partial charge in [0, 0.05) is 6.08 Å². The van der Waals surface area contributed by atoms with Crippen molar-refractivity contribution in [3.8, 4) is 0 Å². The Labute approximate surface area is 112 Å². The van der Waals surface area contributed by atoms with Crippen LogP contribution in [0.15, 0.2) is 30.3 Å². The summed E-state index contributed by atoms with van der Waals surface area (Å²) in [5.74, 6) is -0.471. The molecule has 0 bridgehead atoms. The molecule has 19 heavy (non-hydrogen) atoms. The molecule has 1 aromatic rings. The van der Waals surface area contributed by atoms with Crippen LogP contribution >= 0.6 is 0 Å². The summed E-state index contributed by atoms with van der Waals surface area (Å²) >= 11 is 0. The van der Waals surface area contributed by atoms with E-state index in [1.54, 1.807) is 23.1 Å². The van der Waals surface area contributed by atoms with E-state index in [2.05, 4.69) is 0 Å². The monoisotopic (exact) mass is 263 g/mol. The number of aliphatic hydroxyl groups is 1. The van der Waals surface area contributed by atoms with Crippen molar-refractivity contribution in [3.05, 3.63) is 41.7 Å². The number of β-amino-alcohol motifs (C(OH)–C–C–N with tert-alkyl or cyclic N) is 1. The highest BCUT2D eigenvalue weighted by molar-refractivity contribution is 5.92. The van der Waals surface area contributed by atoms with Gasteiger partial charge in [0.25, 0.3) is 0 Å². The third-order valence-electron chi connectivity index (χ3n) is 3.26. The number of rotatable bonds is 4. The highest BCUT2D eigenvalue weighted by Crippen LogP contribution is 2.25. The summed E-state index contributed by atoms with van der Waals surface area (Å²) in [6, 6.07) is 6.06. The molecule has 0 spiro atoms. The zero-order valence-corrected chi connectivity index (χ0v) is 11.0. The van der Waals surface area contributed by atoms with Gasteiger partial charge in [0.1, 0.15) is 5.82 Å². The van der Waals surface area contributed by atoms with Gasteiger partial charge in [-0.15, -0.1) is 0 Å². The van der Waals surface area contributed by atoms with E-state index in [1.807, 2.05) is 6.92 Å². The van der Waals surface area contributed by atoms with Crippen molar-refractivity contribution in [3.63, 3.8) is 0 Å². The lowest BCUT2D eigenvalue weighted by Crippen LogP contribution is -2.63. The molecule has 0 unspecified atom stereocenters. The third kappa shape index (κ3) is 3.41. The molecule has 1 aromatic carbocycles. The molecule has 0 atom stereocenters. The molecule has 1 heterocycles. The molecule has 0 aliphatic carbocycles. The van der Waals surface area contributed by atoms with Crippen molar-refractivity contribution in [2.45, 2.75) is 25.4 Å². The lowest BCUT2D eigenvalue weighted by Gasteiger charge is -2.46. The normalized spacial score (nSPS) is 17.5. The maximum atomic E-state index is 13.0. The summed E-state index contributed by atoms with van der Waals surface area (Å²) < 4.78 is 13.0. The van der Waals surface area contributed by atoms with Crippen LogP contribution in [0.3, 0.4) is 0 Å². The maximum absolute atomic E-state index is 13.0. The minimum absolute atomic E-state index is 0.148. The summed E-state index contributed by atoms with van der Waals surface area (Å²) in [6.07, 6.45) is 4.62. The Hall–Kier alpha value is -1.68. The molecule has 0 saturated carbocycles. The predicted octanol–water partition coefficient (Wildman–Crippen LogP) is 2.21. The fraction of sp³-hybridized carbons (Fsp3) is 0.400. The van der Waals surface area contributed by atoms with E-state index in [0.717, 1.165) is 6.42 Å². The highest BCUT2D eigenvalue weighted by Gasteiger charge is 2.41. The molecule has 102 valence electrons. The molecular formula is C15H18FNO2. The number of hydrogen-bond donors (Lipinski definition) is 1. The number of carbonyl (C=O) groups excluding carboxylic acids is 1. The summed E-state index contributed by atoms with van der Waals surface area (Å²) in [5.41, 5.74) is -0.0606. The molecule has 1 aliphatic rings. The molecule has 0 radical (unpaired) electrons. The van der Waals surface area contributed by atoms with E-state index in [0.29, 0.717) is 25.1 Å². The number of likely N-dealkylation sites (tertiary alicyclic amines) is 1. The van der Waals surface area contributed by atoms with Crippen LogP contribution in [0.25, 0.3) is 6.08 Å². The molecule has 1 amide bonds. The van der Waals surface area contributed by atoms with Gasteiger partial charge in [-0.2, -0.15) is 0 Å². The second-order valence-electron chi connectivity index (χ2n) is 5.06. The Balaban J connectivity index is 1.89.